The highest BCUT2D eigenvalue weighted by atomic mass is 32.2. The van der Waals surface area contributed by atoms with E-state index in [1.807, 2.05) is 34.7 Å². The number of unbranched alkanes of at least 4 members (excludes halogenated alkanes) is 2. The lowest BCUT2D eigenvalue weighted by Gasteiger charge is -2.31. The van der Waals surface area contributed by atoms with Crippen LogP contribution in [0, 0.1) is 12.8 Å². The van der Waals surface area contributed by atoms with Crippen molar-refractivity contribution in [1.82, 2.24) is 19.5 Å². The summed E-state index contributed by atoms with van der Waals surface area (Å²) in [6.45, 7) is 9.11. The van der Waals surface area contributed by atoms with Gasteiger partial charge in [-0.3, -0.25) is 14.3 Å². The summed E-state index contributed by atoms with van der Waals surface area (Å²) in [6.07, 6.45) is 9.82. The van der Waals surface area contributed by atoms with Gasteiger partial charge in [-0.1, -0.05) is 37.8 Å². The standard InChI is InChI=1S/C38H51N5O7S/c1-26-31(23-39-43(26)24-27-13-8-6-9-14-27)29-18-19-33(42-21-20-28-15-12-16-30(32(28)25-42)37(46)49-5)40-35(29)36(45)41-51(47,48)22-11-7-10-17-34(44)50-38(2,3)4/h12,15-16,18-19,23,27H,6-11,13-14,17,20-22,24-25H2,1-5H3,(H,41,45). The maximum atomic E-state index is 13.9. The molecule has 3 aromatic rings. The number of amides is 1. The molecular weight excluding hydrogens is 671 g/mol. The van der Waals surface area contributed by atoms with Crippen molar-refractivity contribution in [3.05, 3.63) is 64.6 Å². The number of carbonyl (C=O) groups is 3. The molecule has 1 amide bonds. The SMILES string of the molecule is COC(=O)c1cccc2c1CN(c1ccc(-c3cnn(CC4CCCCC4)c3C)c(C(=O)NS(=O)(=O)CCCCCC(=O)OC(C)(C)C)n1)CC2. The number of nitrogens with one attached hydrogen (secondary N) is 1. The van der Waals surface area contributed by atoms with E-state index >= 15 is 0 Å². The number of fused-ring (bicyclic) bond motifs is 1. The topological polar surface area (TPSA) is 150 Å². The summed E-state index contributed by atoms with van der Waals surface area (Å²) in [5.74, 6) is -0.825. The van der Waals surface area contributed by atoms with Crippen molar-refractivity contribution in [2.45, 2.75) is 111 Å². The molecule has 3 heterocycles. The molecule has 0 saturated heterocycles. The summed E-state index contributed by atoms with van der Waals surface area (Å²) in [6, 6.07) is 9.20. The maximum Gasteiger partial charge on any atom is 0.338 e. The zero-order valence-electron chi connectivity index (χ0n) is 30.5. The van der Waals surface area contributed by atoms with E-state index in [9.17, 15) is 22.8 Å². The highest BCUT2D eigenvalue weighted by molar-refractivity contribution is 7.90. The number of ether oxygens (including phenoxy) is 2. The van der Waals surface area contributed by atoms with Gasteiger partial charge >= 0.3 is 11.9 Å². The number of hydrogen-bond donors (Lipinski definition) is 1. The van der Waals surface area contributed by atoms with Gasteiger partial charge in [0.15, 0.2) is 0 Å². The number of rotatable bonds is 13. The Morgan fingerprint density at radius 3 is 2.49 bits per heavy atom. The van der Waals surface area contributed by atoms with Crippen LogP contribution in [0.1, 0.15) is 116 Å². The Bertz CT molecular complexity index is 1840. The van der Waals surface area contributed by atoms with Gasteiger partial charge in [0.25, 0.3) is 5.91 Å². The summed E-state index contributed by atoms with van der Waals surface area (Å²) >= 11 is 0. The molecule has 1 aromatic carbocycles. The Kier molecular flexibility index (Phi) is 12.2. The minimum absolute atomic E-state index is 0.0200. The molecule has 0 atom stereocenters. The molecule has 1 saturated carbocycles. The van der Waals surface area contributed by atoms with Gasteiger partial charge in [0.2, 0.25) is 10.0 Å². The molecule has 5 rings (SSSR count). The first-order chi connectivity index (χ1) is 24.2. The van der Waals surface area contributed by atoms with Crippen molar-refractivity contribution in [2.75, 3.05) is 24.3 Å². The maximum absolute atomic E-state index is 13.9. The second-order valence-corrected chi connectivity index (χ2v) is 16.5. The average molecular weight is 722 g/mol. The zero-order chi connectivity index (χ0) is 36.8. The minimum atomic E-state index is -4.02. The van der Waals surface area contributed by atoms with Gasteiger partial charge < -0.3 is 14.4 Å². The predicted molar refractivity (Wildman–Crippen MR) is 195 cm³/mol. The summed E-state index contributed by atoms with van der Waals surface area (Å²) in [5.41, 5.74) is 3.85. The minimum Gasteiger partial charge on any atom is -0.465 e. The number of pyridine rings is 1. The van der Waals surface area contributed by atoms with E-state index in [1.54, 1.807) is 39.1 Å². The van der Waals surface area contributed by atoms with Crippen LogP contribution in [0.2, 0.25) is 0 Å². The van der Waals surface area contributed by atoms with Crippen molar-refractivity contribution in [3.8, 4) is 11.1 Å². The Morgan fingerprint density at radius 1 is 1.00 bits per heavy atom. The van der Waals surface area contributed by atoms with E-state index in [4.69, 9.17) is 14.5 Å². The number of anilines is 1. The molecule has 276 valence electrons. The van der Waals surface area contributed by atoms with Crippen LogP contribution >= 0.6 is 0 Å². The fraction of sp³-hybridized carbons (Fsp3) is 0.553. The summed E-state index contributed by atoms with van der Waals surface area (Å²) < 4.78 is 40.9. The Morgan fingerprint density at radius 2 is 1.76 bits per heavy atom. The fourth-order valence-electron chi connectivity index (χ4n) is 6.97. The van der Waals surface area contributed by atoms with Crippen LogP contribution in [0.3, 0.4) is 0 Å². The number of aromatic nitrogens is 3. The smallest absolute Gasteiger partial charge is 0.338 e. The lowest BCUT2D eigenvalue weighted by molar-refractivity contribution is -0.154. The van der Waals surface area contributed by atoms with Crippen molar-refractivity contribution in [2.24, 2.45) is 5.92 Å². The number of nitrogens with zero attached hydrogens (tertiary/aromatic N) is 4. The van der Waals surface area contributed by atoms with Crippen LogP contribution in [-0.2, 0) is 43.8 Å². The van der Waals surface area contributed by atoms with Crippen LogP contribution in [0.5, 0.6) is 0 Å². The van der Waals surface area contributed by atoms with Crippen molar-refractivity contribution in [3.63, 3.8) is 0 Å². The van der Waals surface area contributed by atoms with E-state index in [0.29, 0.717) is 60.8 Å². The van der Waals surface area contributed by atoms with Crippen LogP contribution in [0.4, 0.5) is 5.82 Å². The third kappa shape index (κ3) is 9.96. The third-order valence-electron chi connectivity index (χ3n) is 9.61. The lowest BCUT2D eigenvalue weighted by atomic mass is 9.89. The van der Waals surface area contributed by atoms with Gasteiger partial charge in [-0.2, -0.15) is 5.10 Å². The molecule has 0 spiro atoms. The number of sulfonamides is 1. The highest BCUT2D eigenvalue weighted by Gasteiger charge is 2.28. The van der Waals surface area contributed by atoms with Gasteiger partial charge in [-0.15, -0.1) is 0 Å². The molecule has 0 bridgehead atoms. The first-order valence-corrected chi connectivity index (χ1v) is 19.6. The van der Waals surface area contributed by atoms with Crippen LogP contribution in [0.15, 0.2) is 36.5 Å². The van der Waals surface area contributed by atoms with Crippen LogP contribution in [0.25, 0.3) is 11.1 Å². The zero-order valence-corrected chi connectivity index (χ0v) is 31.3. The lowest BCUT2D eigenvalue weighted by Crippen LogP contribution is -2.35. The molecule has 51 heavy (non-hydrogen) atoms. The first kappa shape index (κ1) is 38.0. The number of benzene rings is 1. The molecule has 1 fully saturated rings. The molecular formula is C38H51N5O7S. The van der Waals surface area contributed by atoms with Gasteiger partial charge in [-0.25, -0.2) is 22.9 Å². The molecule has 1 aliphatic carbocycles. The van der Waals surface area contributed by atoms with Crippen molar-refractivity contribution in [1.29, 1.82) is 0 Å². The largest absolute Gasteiger partial charge is 0.465 e. The van der Waals surface area contributed by atoms with Crippen molar-refractivity contribution >= 4 is 33.7 Å². The Hall–Kier alpha value is -4.26. The second-order valence-electron chi connectivity index (χ2n) is 14.6. The molecule has 13 heteroatoms. The molecule has 2 aromatic heterocycles. The first-order valence-electron chi connectivity index (χ1n) is 18.0. The van der Waals surface area contributed by atoms with Gasteiger partial charge in [0, 0.05) is 42.9 Å². The molecule has 1 N–H and O–H groups in total. The van der Waals surface area contributed by atoms with E-state index in [0.717, 1.165) is 36.2 Å². The Labute approximate surface area is 301 Å². The monoisotopic (exact) mass is 721 g/mol. The molecule has 1 aliphatic heterocycles. The quantitative estimate of drug-likeness (QED) is 0.161. The van der Waals surface area contributed by atoms with Crippen LogP contribution in [-0.4, -0.2) is 66.0 Å². The van der Waals surface area contributed by atoms with Crippen LogP contribution < -0.4 is 9.62 Å². The second kappa shape index (κ2) is 16.4. The predicted octanol–water partition coefficient (Wildman–Crippen LogP) is 6.14. The van der Waals surface area contributed by atoms with E-state index in [2.05, 4.69) is 9.82 Å². The fourth-order valence-corrected chi connectivity index (χ4v) is 8.04. The normalized spacial score (nSPS) is 15.3. The number of esters is 2. The third-order valence-corrected chi connectivity index (χ3v) is 10.9. The summed E-state index contributed by atoms with van der Waals surface area (Å²) in [5, 5.41) is 4.67. The number of methoxy groups -OCH3 is 1. The van der Waals surface area contributed by atoms with E-state index in [1.165, 1.54) is 26.4 Å². The van der Waals surface area contributed by atoms with E-state index < -0.39 is 27.5 Å². The Balaban J connectivity index is 1.37. The van der Waals surface area contributed by atoms with Gasteiger partial charge in [0.05, 0.1) is 24.6 Å². The average Bonchev–Trinajstić information content (AvgIpc) is 3.45. The van der Waals surface area contributed by atoms with Gasteiger partial charge in [0.1, 0.15) is 17.1 Å². The number of hydrogen-bond acceptors (Lipinski definition) is 10. The molecule has 12 nitrogen and oxygen atoms in total. The van der Waals surface area contributed by atoms with Gasteiger partial charge in [-0.05, 0) is 95.0 Å². The molecule has 2 aliphatic rings. The molecule has 0 unspecified atom stereocenters. The summed E-state index contributed by atoms with van der Waals surface area (Å²) in [7, 11) is -2.67. The van der Waals surface area contributed by atoms with E-state index in [-0.39, 0.29) is 30.3 Å². The molecule has 0 radical (unpaired) electrons. The summed E-state index contributed by atoms with van der Waals surface area (Å²) in [4.78, 5) is 45.3. The number of carbonyl (C=O) groups excluding carboxylic acids is 3. The highest BCUT2D eigenvalue weighted by Crippen LogP contribution is 2.32. The van der Waals surface area contributed by atoms with Crippen molar-refractivity contribution < 1.29 is 32.3 Å².